The summed E-state index contributed by atoms with van der Waals surface area (Å²) < 4.78 is 28.0. The average molecular weight is 265 g/mol. The standard InChI is InChI=1S/C10H11ClF2N2O2/c11-9-7(2-1-3-14-9)10(16)15-4-5-17-6-8(12)13/h1-3,8H,4-6H2,(H,15,16). The van der Waals surface area contributed by atoms with Crippen molar-refractivity contribution in [2.24, 2.45) is 0 Å². The highest BCUT2D eigenvalue weighted by atomic mass is 35.5. The molecule has 1 heterocycles. The van der Waals surface area contributed by atoms with E-state index >= 15 is 0 Å². The van der Waals surface area contributed by atoms with Gasteiger partial charge < -0.3 is 10.1 Å². The minimum Gasteiger partial charge on any atom is -0.374 e. The van der Waals surface area contributed by atoms with Crippen molar-refractivity contribution in [3.05, 3.63) is 29.0 Å². The van der Waals surface area contributed by atoms with Crippen LogP contribution in [0, 0.1) is 0 Å². The molecule has 1 aromatic heterocycles. The summed E-state index contributed by atoms with van der Waals surface area (Å²) in [7, 11) is 0. The van der Waals surface area contributed by atoms with Gasteiger partial charge >= 0.3 is 0 Å². The second kappa shape index (κ2) is 7.13. The second-order valence-corrected chi connectivity index (χ2v) is 3.42. The Hall–Kier alpha value is -1.27. The smallest absolute Gasteiger partial charge is 0.261 e. The van der Waals surface area contributed by atoms with Gasteiger partial charge in [-0.1, -0.05) is 11.6 Å². The van der Waals surface area contributed by atoms with Gasteiger partial charge in [0.05, 0.1) is 12.2 Å². The number of hydrogen-bond acceptors (Lipinski definition) is 3. The lowest BCUT2D eigenvalue weighted by molar-refractivity contribution is 0.0188. The maximum absolute atomic E-state index is 11.7. The molecule has 0 bridgehead atoms. The number of carbonyl (C=O) groups is 1. The van der Waals surface area contributed by atoms with Crippen molar-refractivity contribution in [1.82, 2.24) is 10.3 Å². The number of hydrogen-bond donors (Lipinski definition) is 1. The van der Waals surface area contributed by atoms with Gasteiger partial charge in [-0.3, -0.25) is 4.79 Å². The van der Waals surface area contributed by atoms with Crippen LogP contribution in [0.1, 0.15) is 10.4 Å². The van der Waals surface area contributed by atoms with E-state index in [4.69, 9.17) is 11.6 Å². The molecule has 0 radical (unpaired) electrons. The zero-order valence-corrected chi connectivity index (χ0v) is 9.58. The number of rotatable bonds is 6. The third kappa shape index (κ3) is 5.06. The first-order chi connectivity index (χ1) is 8.11. The van der Waals surface area contributed by atoms with E-state index in [1.54, 1.807) is 6.07 Å². The fourth-order valence-corrected chi connectivity index (χ4v) is 1.26. The van der Waals surface area contributed by atoms with E-state index in [9.17, 15) is 13.6 Å². The molecule has 1 amide bonds. The minimum absolute atomic E-state index is 0.0218. The van der Waals surface area contributed by atoms with Crippen molar-refractivity contribution < 1.29 is 18.3 Å². The van der Waals surface area contributed by atoms with Gasteiger partial charge in [0.15, 0.2) is 0 Å². The molecule has 94 valence electrons. The molecule has 0 spiro atoms. The molecule has 7 heteroatoms. The fraction of sp³-hybridized carbons (Fsp3) is 0.400. The van der Waals surface area contributed by atoms with Crippen LogP contribution < -0.4 is 5.32 Å². The van der Waals surface area contributed by atoms with E-state index in [1.807, 2.05) is 0 Å². The summed E-state index contributed by atoms with van der Waals surface area (Å²) in [6.45, 7) is -0.478. The number of aromatic nitrogens is 1. The van der Waals surface area contributed by atoms with Crippen LogP contribution >= 0.6 is 11.6 Å². The van der Waals surface area contributed by atoms with Crippen LogP contribution in [-0.2, 0) is 4.74 Å². The summed E-state index contributed by atoms with van der Waals surface area (Å²) >= 11 is 5.70. The van der Waals surface area contributed by atoms with Crippen LogP contribution in [0.25, 0.3) is 0 Å². The third-order valence-electron chi connectivity index (χ3n) is 1.78. The van der Waals surface area contributed by atoms with Gasteiger partial charge in [0, 0.05) is 12.7 Å². The van der Waals surface area contributed by atoms with E-state index in [-0.39, 0.29) is 23.9 Å². The summed E-state index contributed by atoms with van der Waals surface area (Å²) in [6, 6.07) is 3.10. The molecular weight excluding hydrogens is 254 g/mol. The molecule has 0 unspecified atom stereocenters. The Morgan fingerprint density at radius 2 is 2.35 bits per heavy atom. The Balaban J connectivity index is 2.29. The summed E-state index contributed by atoms with van der Waals surface area (Å²) in [5.41, 5.74) is 0.239. The largest absolute Gasteiger partial charge is 0.374 e. The first kappa shape index (κ1) is 13.8. The monoisotopic (exact) mass is 264 g/mol. The molecule has 0 atom stereocenters. The Bertz CT molecular complexity index is 377. The quantitative estimate of drug-likeness (QED) is 0.629. The van der Waals surface area contributed by atoms with Crippen LogP contribution in [0.3, 0.4) is 0 Å². The Labute approximate surface area is 102 Å². The van der Waals surface area contributed by atoms with Crippen molar-refractivity contribution in [3.63, 3.8) is 0 Å². The Morgan fingerprint density at radius 1 is 1.59 bits per heavy atom. The van der Waals surface area contributed by atoms with Crippen LogP contribution in [0.5, 0.6) is 0 Å². The number of nitrogens with zero attached hydrogens (tertiary/aromatic N) is 1. The number of amides is 1. The molecule has 1 rings (SSSR count). The van der Waals surface area contributed by atoms with Crippen molar-refractivity contribution in [2.75, 3.05) is 19.8 Å². The van der Waals surface area contributed by atoms with Crippen LogP contribution in [0.4, 0.5) is 8.78 Å². The molecule has 0 aliphatic rings. The lowest BCUT2D eigenvalue weighted by atomic mass is 10.3. The van der Waals surface area contributed by atoms with Gasteiger partial charge in [0.1, 0.15) is 11.8 Å². The predicted molar refractivity (Wildman–Crippen MR) is 58.4 cm³/mol. The van der Waals surface area contributed by atoms with Gasteiger partial charge in [-0.05, 0) is 12.1 Å². The van der Waals surface area contributed by atoms with E-state index in [0.717, 1.165) is 0 Å². The maximum Gasteiger partial charge on any atom is 0.261 e. The molecule has 1 aromatic rings. The van der Waals surface area contributed by atoms with Gasteiger partial charge in [-0.2, -0.15) is 0 Å². The zero-order chi connectivity index (χ0) is 12.7. The molecule has 1 N–H and O–H groups in total. The molecule has 0 fully saturated rings. The summed E-state index contributed by atoms with van der Waals surface area (Å²) in [5, 5.41) is 2.58. The number of carbonyl (C=O) groups excluding carboxylic acids is 1. The van der Waals surface area contributed by atoms with Crippen molar-refractivity contribution in [1.29, 1.82) is 0 Å². The number of ether oxygens (including phenoxy) is 1. The predicted octanol–water partition coefficient (Wildman–Crippen LogP) is 1.75. The van der Waals surface area contributed by atoms with E-state index in [2.05, 4.69) is 15.0 Å². The van der Waals surface area contributed by atoms with Gasteiger partial charge in [-0.25, -0.2) is 13.8 Å². The van der Waals surface area contributed by atoms with Crippen molar-refractivity contribution in [2.45, 2.75) is 6.43 Å². The molecule has 4 nitrogen and oxygen atoms in total. The topological polar surface area (TPSA) is 51.2 Å². The van der Waals surface area contributed by atoms with Gasteiger partial charge in [0.2, 0.25) is 0 Å². The third-order valence-corrected chi connectivity index (χ3v) is 2.08. The molecule has 0 aliphatic carbocycles. The summed E-state index contributed by atoms with van der Waals surface area (Å²) in [4.78, 5) is 15.3. The van der Waals surface area contributed by atoms with E-state index < -0.39 is 18.9 Å². The minimum atomic E-state index is -2.50. The molecule has 0 saturated carbocycles. The highest BCUT2D eigenvalue weighted by Gasteiger charge is 2.09. The highest BCUT2D eigenvalue weighted by Crippen LogP contribution is 2.10. The molecule has 0 aliphatic heterocycles. The Kier molecular flexibility index (Phi) is 5.79. The van der Waals surface area contributed by atoms with Crippen LogP contribution in [-0.4, -0.2) is 37.1 Å². The number of alkyl halides is 2. The van der Waals surface area contributed by atoms with Crippen LogP contribution in [0.2, 0.25) is 5.15 Å². The second-order valence-electron chi connectivity index (χ2n) is 3.06. The van der Waals surface area contributed by atoms with Crippen molar-refractivity contribution >= 4 is 17.5 Å². The maximum atomic E-state index is 11.7. The molecule has 0 saturated heterocycles. The zero-order valence-electron chi connectivity index (χ0n) is 8.83. The SMILES string of the molecule is O=C(NCCOCC(F)F)c1cccnc1Cl. The fourth-order valence-electron chi connectivity index (χ4n) is 1.06. The van der Waals surface area contributed by atoms with E-state index in [0.29, 0.717) is 0 Å². The van der Waals surface area contributed by atoms with Crippen molar-refractivity contribution in [3.8, 4) is 0 Å². The average Bonchev–Trinajstić information content (AvgIpc) is 2.28. The first-order valence-corrected chi connectivity index (χ1v) is 5.23. The van der Waals surface area contributed by atoms with Gasteiger partial charge in [0.25, 0.3) is 12.3 Å². The summed E-state index contributed by atoms with van der Waals surface area (Å²) in [6.07, 6.45) is -1.04. The molecule has 17 heavy (non-hydrogen) atoms. The molecule has 0 aromatic carbocycles. The number of halogens is 3. The molecular formula is C10H11ClF2N2O2. The highest BCUT2D eigenvalue weighted by molar-refractivity contribution is 6.32. The first-order valence-electron chi connectivity index (χ1n) is 4.86. The lowest BCUT2D eigenvalue weighted by Gasteiger charge is -2.06. The van der Waals surface area contributed by atoms with Crippen LogP contribution in [0.15, 0.2) is 18.3 Å². The van der Waals surface area contributed by atoms with Gasteiger partial charge in [-0.15, -0.1) is 0 Å². The normalized spacial score (nSPS) is 10.6. The number of nitrogens with one attached hydrogen (secondary N) is 1. The lowest BCUT2D eigenvalue weighted by Crippen LogP contribution is -2.28. The summed E-state index contributed by atoms with van der Waals surface area (Å²) in [5.74, 6) is -0.413. The Morgan fingerprint density at radius 3 is 3.00 bits per heavy atom. The van der Waals surface area contributed by atoms with E-state index in [1.165, 1.54) is 12.3 Å². The number of pyridine rings is 1.